The van der Waals surface area contributed by atoms with Crippen molar-refractivity contribution in [3.05, 3.63) is 94.5 Å². The van der Waals surface area contributed by atoms with E-state index in [1.54, 1.807) is 0 Å². The minimum atomic E-state index is -0.199. The molecule has 3 aromatic rings. The SMILES string of the molecule is CC(C)[C@H](C)N(Cc1cccc(Cl)c1)Cc1cccn1Cc1ccc(F)cc1. The van der Waals surface area contributed by atoms with Crippen LogP contribution in [0.3, 0.4) is 0 Å². The molecule has 0 unspecified atom stereocenters. The van der Waals surface area contributed by atoms with Crippen LogP contribution in [0.2, 0.25) is 5.02 Å². The molecule has 1 atom stereocenters. The molecule has 0 spiro atoms. The van der Waals surface area contributed by atoms with E-state index >= 15 is 0 Å². The number of hydrogen-bond acceptors (Lipinski definition) is 1. The molecule has 0 fully saturated rings. The van der Waals surface area contributed by atoms with Crippen LogP contribution in [0.4, 0.5) is 4.39 Å². The quantitative estimate of drug-likeness (QED) is 0.427. The van der Waals surface area contributed by atoms with Crippen molar-refractivity contribution < 1.29 is 4.39 Å². The second-order valence-corrected chi connectivity index (χ2v) is 8.21. The van der Waals surface area contributed by atoms with Gasteiger partial charge in [0.1, 0.15) is 5.82 Å². The van der Waals surface area contributed by atoms with E-state index in [0.717, 1.165) is 30.2 Å². The molecule has 1 aromatic heterocycles. The zero-order valence-corrected chi connectivity index (χ0v) is 17.5. The van der Waals surface area contributed by atoms with E-state index < -0.39 is 0 Å². The molecule has 1 heterocycles. The number of benzene rings is 2. The Labute approximate surface area is 172 Å². The normalized spacial score (nSPS) is 12.7. The van der Waals surface area contributed by atoms with Crippen LogP contribution in [0.15, 0.2) is 66.9 Å². The van der Waals surface area contributed by atoms with E-state index in [1.807, 2.05) is 30.3 Å². The third-order valence-electron chi connectivity index (χ3n) is 5.37. The van der Waals surface area contributed by atoms with Crippen molar-refractivity contribution in [2.24, 2.45) is 5.92 Å². The smallest absolute Gasteiger partial charge is 0.123 e. The molecule has 0 saturated carbocycles. The Morgan fingerprint density at radius 1 is 0.929 bits per heavy atom. The summed E-state index contributed by atoms with van der Waals surface area (Å²) >= 11 is 6.19. The molecule has 0 aliphatic rings. The second-order valence-electron chi connectivity index (χ2n) is 7.77. The van der Waals surface area contributed by atoms with Crippen LogP contribution in [0, 0.1) is 11.7 Å². The minimum absolute atomic E-state index is 0.199. The van der Waals surface area contributed by atoms with Crippen LogP contribution in [-0.2, 0) is 19.6 Å². The van der Waals surface area contributed by atoms with Gasteiger partial charge in [0.2, 0.25) is 0 Å². The molecule has 0 bridgehead atoms. The van der Waals surface area contributed by atoms with E-state index in [2.05, 4.69) is 54.6 Å². The molecule has 0 amide bonds. The number of aromatic nitrogens is 1. The Bertz CT molecular complexity index is 886. The van der Waals surface area contributed by atoms with Gasteiger partial charge in [-0.05, 0) is 60.4 Å². The summed E-state index contributed by atoms with van der Waals surface area (Å²) in [6.45, 7) is 9.23. The Morgan fingerprint density at radius 2 is 1.68 bits per heavy atom. The molecule has 2 nitrogen and oxygen atoms in total. The molecule has 0 aliphatic carbocycles. The van der Waals surface area contributed by atoms with Gasteiger partial charge < -0.3 is 4.57 Å². The first-order valence-corrected chi connectivity index (χ1v) is 10.2. The molecular weight excluding hydrogens is 371 g/mol. The fourth-order valence-corrected chi connectivity index (χ4v) is 3.59. The Balaban J connectivity index is 1.79. The predicted octanol–water partition coefficient (Wildman–Crippen LogP) is 6.38. The summed E-state index contributed by atoms with van der Waals surface area (Å²) in [6.07, 6.45) is 2.09. The highest BCUT2D eigenvalue weighted by Gasteiger charge is 2.19. The van der Waals surface area contributed by atoms with Gasteiger partial charge in [-0.15, -0.1) is 0 Å². The maximum absolute atomic E-state index is 13.2. The van der Waals surface area contributed by atoms with Crippen molar-refractivity contribution in [3.8, 4) is 0 Å². The van der Waals surface area contributed by atoms with Crippen LogP contribution in [-0.4, -0.2) is 15.5 Å². The van der Waals surface area contributed by atoms with Crippen molar-refractivity contribution in [2.75, 3.05) is 0 Å². The zero-order chi connectivity index (χ0) is 20.1. The second kappa shape index (κ2) is 9.40. The average molecular weight is 399 g/mol. The largest absolute Gasteiger partial charge is 0.346 e. The van der Waals surface area contributed by atoms with Gasteiger partial charge in [0.25, 0.3) is 0 Å². The molecule has 28 heavy (non-hydrogen) atoms. The van der Waals surface area contributed by atoms with E-state index in [0.29, 0.717) is 12.0 Å². The summed E-state index contributed by atoms with van der Waals surface area (Å²) in [4.78, 5) is 2.49. The molecular formula is C24H28ClFN2. The van der Waals surface area contributed by atoms with Crippen molar-refractivity contribution in [2.45, 2.75) is 46.4 Å². The summed E-state index contributed by atoms with van der Waals surface area (Å²) in [7, 11) is 0. The lowest BCUT2D eigenvalue weighted by molar-refractivity contribution is 0.148. The number of nitrogens with zero attached hydrogens (tertiary/aromatic N) is 2. The van der Waals surface area contributed by atoms with Crippen molar-refractivity contribution in [3.63, 3.8) is 0 Å². The van der Waals surface area contributed by atoms with E-state index in [9.17, 15) is 4.39 Å². The predicted molar refractivity (Wildman–Crippen MR) is 115 cm³/mol. The Morgan fingerprint density at radius 3 is 2.36 bits per heavy atom. The topological polar surface area (TPSA) is 8.17 Å². The number of rotatable bonds is 8. The lowest BCUT2D eigenvalue weighted by Gasteiger charge is -2.32. The number of hydrogen-bond donors (Lipinski definition) is 0. The molecule has 2 aromatic carbocycles. The lowest BCUT2D eigenvalue weighted by atomic mass is 10.0. The van der Waals surface area contributed by atoms with Gasteiger partial charge in [0.05, 0.1) is 0 Å². The van der Waals surface area contributed by atoms with Crippen molar-refractivity contribution >= 4 is 11.6 Å². The molecule has 0 aliphatic heterocycles. The summed E-state index contributed by atoms with van der Waals surface area (Å²) < 4.78 is 15.4. The van der Waals surface area contributed by atoms with Crippen LogP contribution >= 0.6 is 11.6 Å². The lowest BCUT2D eigenvalue weighted by Crippen LogP contribution is -2.36. The minimum Gasteiger partial charge on any atom is -0.346 e. The Hall–Kier alpha value is -2.10. The highest BCUT2D eigenvalue weighted by atomic mass is 35.5. The third-order valence-corrected chi connectivity index (χ3v) is 5.61. The Kier molecular flexibility index (Phi) is 6.93. The number of halogens is 2. The monoisotopic (exact) mass is 398 g/mol. The first kappa shape index (κ1) is 20.6. The van der Waals surface area contributed by atoms with Crippen molar-refractivity contribution in [1.29, 1.82) is 0 Å². The van der Waals surface area contributed by atoms with E-state index in [-0.39, 0.29) is 5.82 Å². The van der Waals surface area contributed by atoms with Crippen molar-refractivity contribution in [1.82, 2.24) is 9.47 Å². The van der Waals surface area contributed by atoms with E-state index in [1.165, 1.54) is 23.4 Å². The average Bonchev–Trinajstić information content (AvgIpc) is 3.09. The van der Waals surface area contributed by atoms with Gasteiger partial charge in [0, 0.05) is 42.6 Å². The fourth-order valence-electron chi connectivity index (χ4n) is 3.38. The summed E-state index contributed by atoms with van der Waals surface area (Å²) in [5, 5.41) is 0.773. The molecule has 0 radical (unpaired) electrons. The van der Waals surface area contributed by atoms with Crippen LogP contribution in [0.5, 0.6) is 0 Å². The highest BCUT2D eigenvalue weighted by Crippen LogP contribution is 2.21. The molecule has 0 N–H and O–H groups in total. The van der Waals surface area contributed by atoms with Gasteiger partial charge in [-0.3, -0.25) is 4.90 Å². The van der Waals surface area contributed by atoms with Gasteiger partial charge in [-0.1, -0.05) is 49.7 Å². The van der Waals surface area contributed by atoms with Gasteiger partial charge in [-0.2, -0.15) is 0 Å². The van der Waals surface area contributed by atoms with Gasteiger partial charge in [-0.25, -0.2) is 4.39 Å². The first-order valence-electron chi connectivity index (χ1n) is 9.79. The van der Waals surface area contributed by atoms with Crippen LogP contribution in [0.25, 0.3) is 0 Å². The maximum Gasteiger partial charge on any atom is 0.123 e. The van der Waals surface area contributed by atoms with Gasteiger partial charge in [0.15, 0.2) is 0 Å². The fraction of sp³-hybridized carbons (Fsp3) is 0.333. The van der Waals surface area contributed by atoms with E-state index in [4.69, 9.17) is 11.6 Å². The summed E-state index contributed by atoms with van der Waals surface area (Å²) in [6, 6.07) is 19.5. The van der Waals surface area contributed by atoms with Gasteiger partial charge >= 0.3 is 0 Å². The summed E-state index contributed by atoms with van der Waals surface area (Å²) in [5.41, 5.74) is 3.56. The molecule has 148 valence electrons. The third kappa shape index (κ3) is 5.46. The molecule has 3 rings (SSSR count). The molecule has 0 saturated heterocycles. The summed E-state index contributed by atoms with van der Waals surface area (Å²) in [5.74, 6) is 0.342. The molecule has 4 heteroatoms. The standard InChI is InChI=1S/C24H28ClFN2/c1-18(2)19(3)28(16-21-6-4-7-22(25)14-21)17-24-8-5-13-27(24)15-20-9-11-23(26)12-10-20/h4-14,18-19H,15-17H2,1-3H3/t19-/m0/s1. The first-order chi connectivity index (χ1) is 13.4. The van der Waals surface area contributed by atoms with Crippen LogP contribution < -0.4 is 0 Å². The zero-order valence-electron chi connectivity index (χ0n) is 16.8. The highest BCUT2D eigenvalue weighted by molar-refractivity contribution is 6.30. The maximum atomic E-state index is 13.2. The van der Waals surface area contributed by atoms with Crippen LogP contribution in [0.1, 0.15) is 37.6 Å².